The van der Waals surface area contributed by atoms with Crippen molar-refractivity contribution in [1.82, 2.24) is 9.55 Å². The summed E-state index contributed by atoms with van der Waals surface area (Å²) in [4.78, 5) is 4.43. The van der Waals surface area contributed by atoms with Gasteiger partial charge in [-0.1, -0.05) is 13.3 Å². The van der Waals surface area contributed by atoms with E-state index in [1.807, 2.05) is 17.7 Å². The van der Waals surface area contributed by atoms with E-state index in [0.717, 1.165) is 36.7 Å². The van der Waals surface area contributed by atoms with Crippen LogP contribution in [-0.2, 0) is 0 Å². The van der Waals surface area contributed by atoms with Crippen molar-refractivity contribution in [2.45, 2.75) is 33.3 Å². The zero-order valence-electron chi connectivity index (χ0n) is 12.1. The lowest BCUT2D eigenvalue weighted by Gasteiger charge is -2.10. The number of nitrogens with zero attached hydrogens (tertiary/aromatic N) is 2. The van der Waals surface area contributed by atoms with Gasteiger partial charge in [0.1, 0.15) is 5.75 Å². The first-order chi connectivity index (χ1) is 10.1. The molecule has 0 aliphatic carbocycles. The zero-order chi connectivity index (χ0) is 15.2. The Hall–Kier alpha value is -2.11. The van der Waals surface area contributed by atoms with Gasteiger partial charge in [0.25, 0.3) is 0 Å². The van der Waals surface area contributed by atoms with Crippen LogP contribution in [0, 0.1) is 6.92 Å². The number of anilines is 1. The van der Waals surface area contributed by atoms with Crippen molar-refractivity contribution < 1.29 is 13.5 Å². The molecule has 4 nitrogen and oxygen atoms in total. The lowest BCUT2D eigenvalue weighted by atomic mass is 10.3. The summed E-state index contributed by atoms with van der Waals surface area (Å²) < 4.78 is 30.5. The average molecular weight is 295 g/mol. The first-order valence-corrected chi connectivity index (χ1v) is 6.95. The summed E-state index contributed by atoms with van der Waals surface area (Å²) in [6.45, 7) is 2.08. The Morgan fingerprint density at radius 3 is 2.62 bits per heavy atom. The molecule has 0 amide bonds. The maximum Gasteiger partial charge on any atom is 0.387 e. The van der Waals surface area contributed by atoms with Gasteiger partial charge in [-0.2, -0.15) is 8.78 Å². The van der Waals surface area contributed by atoms with Gasteiger partial charge in [-0.3, -0.25) is 4.57 Å². The fourth-order valence-corrected chi connectivity index (χ4v) is 1.98. The molecular weight excluding hydrogens is 276 g/mol. The predicted octanol–water partition coefficient (Wildman–Crippen LogP) is 3.99. The SMILES string of the molecule is CCCCNc1nc(C)cn1-c1ccc(OC(F)F)cc1. The lowest BCUT2D eigenvalue weighted by molar-refractivity contribution is -0.0498. The minimum absolute atomic E-state index is 0.145. The van der Waals surface area contributed by atoms with E-state index in [4.69, 9.17) is 0 Å². The van der Waals surface area contributed by atoms with Gasteiger partial charge >= 0.3 is 6.61 Å². The van der Waals surface area contributed by atoms with Gasteiger partial charge in [-0.15, -0.1) is 0 Å². The summed E-state index contributed by atoms with van der Waals surface area (Å²) >= 11 is 0. The van der Waals surface area contributed by atoms with Gasteiger partial charge in [0.05, 0.1) is 5.69 Å². The number of halogens is 2. The number of rotatable bonds is 7. The van der Waals surface area contributed by atoms with Gasteiger partial charge in [-0.25, -0.2) is 4.98 Å². The van der Waals surface area contributed by atoms with Gasteiger partial charge < -0.3 is 10.1 Å². The topological polar surface area (TPSA) is 39.1 Å². The van der Waals surface area contributed by atoms with Crippen LogP contribution in [0.3, 0.4) is 0 Å². The number of unbranched alkanes of at least 4 members (excludes halogenated alkanes) is 1. The molecule has 0 aliphatic rings. The van der Waals surface area contributed by atoms with Crippen molar-refractivity contribution in [2.24, 2.45) is 0 Å². The molecule has 0 spiro atoms. The Morgan fingerprint density at radius 2 is 2.00 bits per heavy atom. The third-order valence-corrected chi connectivity index (χ3v) is 2.98. The summed E-state index contributed by atoms with van der Waals surface area (Å²) in [7, 11) is 0. The van der Waals surface area contributed by atoms with E-state index in [9.17, 15) is 8.78 Å². The van der Waals surface area contributed by atoms with E-state index in [0.29, 0.717) is 0 Å². The number of benzene rings is 1. The van der Waals surface area contributed by atoms with E-state index in [2.05, 4.69) is 22.0 Å². The molecule has 0 saturated carbocycles. The Bertz CT molecular complexity index is 567. The van der Waals surface area contributed by atoms with Gasteiger partial charge in [-0.05, 0) is 37.6 Å². The van der Waals surface area contributed by atoms with Crippen LogP contribution in [0.4, 0.5) is 14.7 Å². The summed E-state index contributed by atoms with van der Waals surface area (Å²) in [6, 6.07) is 6.49. The number of aromatic nitrogens is 2. The van der Waals surface area contributed by atoms with Crippen molar-refractivity contribution >= 4 is 5.95 Å². The Kier molecular flexibility index (Phi) is 5.14. The fourth-order valence-electron chi connectivity index (χ4n) is 1.98. The molecule has 1 aromatic carbocycles. The first kappa shape index (κ1) is 15.3. The van der Waals surface area contributed by atoms with Crippen molar-refractivity contribution in [1.29, 1.82) is 0 Å². The standard InChI is InChI=1S/C15H19F2N3O/c1-3-4-9-18-15-19-11(2)10-20(15)12-5-7-13(8-6-12)21-14(16)17/h5-8,10,14H,3-4,9H2,1-2H3,(H,18,19). The molecule has 0 unspecified atom stereocenters. The molecule has 6 heteroatoms. The van der Waals surface area contributed by atoms with Gasteiger partial charge in [0, 0.05) is 18.4 Å². The number of imidazole rings is 1. The molecule has 114 valence electrons. The highest BCUT2D eigenvalue weighted by Gasteiger charge is 2.08. The molecule has 0 saturated heterocycles. The van der Waals surface area contributed by atoms with Crippen molar-refractivity contribution in [3.63, 3.8) is 0 Å². The molecule has 0 aliphatic heterocycles. The van der Waals surface area contributed by atoms with E-state index in [1.54, 1.807) is 12.1 Å². The van der Waals surface area contributed by atoms with Crippen molar-refractivity contribution in [3.8, 4) is 11.4 Å². The third kappa shape index (κ3) is 4.18. The Labute approximate surface area is 122 Å². The molecule has 21 heavy (non-hydrogen) atoms. The average Bonchev–Trinajstić information content (AvgIpc) is 2.80. The van der Waals surface area contributed by atoms with Crippen LogP contribution in [0.1, 0.15) is 25.5 Å². The predicted molar refractivity (Wildman–Crippen MR) is 78.3 cm³/mol. The van der Waals surface area contributed by atoms with Crippen LogP contribution in [-0.4, -0.2) is 22.7 Å². The van der Waals surface area contributed by atoms with Crippen LogP contribution in [0.15, 0.2) is 30.5 Å². The fraction of sp³-hybridized carbons (Fsp3) is 0.400. The monoisotopic (exact) mass is 295 g/mol. The molecule has 0 fully saturated rings. The summed E-state index contributed by atoms with van der Waals surface area (Å²) in [5, 5.41) is 3.28. The normalized spacial score (nSPS) is 10.9. The third-order valence-electron chi connectivity index (χ3n) is 2.98. The maximum atomic E-state index is 12.1. The molecule has 0 bridgehead atoms. The second kappa shape index (κ2) is 7.06. The summed E-state index contributed by atoms with van der Waals surface area (Å²) in [6.07, 6.45) is 4.07. The van der Waals surface area contributed by atoms with Crippen molar-refractivity contribution in [2.75, 3.05) is 11.9 Å². The smallest absolute Gasteiger partial charge is 0.387 e. The molecular formula is C15H19F2N3O. The number of hydrogen-bond acceptors (Lipinski definition) is 3. The molecule has 1 aromatic heterocycles. The summed E-state index contributed by atoms with van der Waals surface area (Å²) in [5.41, 5.74) is 1.73. The van der Waals surface area contributed by atoms with Crippen molar-refractivity contribution in [3.05, 3.63) is 36.2 Å². The second-order valence-corrected chi connectivity index (χ2v) is 4.73. The Morgan fingerprint density at radius 1 is 1.29 bits per heavy atom. The summed E-state index contributed by atoms with van der Waals surface area (Å²) in [5.74, 6) is 0.898. The molecule has 0 atom stereocenters. The number of nitrogens with one attached hydrogen (secondary N) is 1. The van der Waals surface area contributed by atoms with E-state index < -0.39 is 6.61 Å². The highest BCUT2D eigenvalue weighted by atomic mass is 19.3. The first-order valence-electron chi connectivity index (χ1n) is 6.95. The van der Waals surface area contributed by atoms with Crippen LogP contribution in [0.5, 0.6) is 5.75 Å². The number of ether oxygens (including phenoxy) is 1. The minimum Gasteiger partial charge on any atom is -0.435 e. The van der Waals surface area contributed by atoms with Crippen LogP contribution >= 0.6 is 0 Å². The van der Waals surface area contributed by atoms with Crippen LogP contribution in [0.2, 0.25) is 0 Å². The van der Waals surface area contributed by atoms with Crippen LogP contribution in [0.25, 0.3) is 5.69 Å². The lowest BCUT2D eigenvalue weighted by Crippen LogP contribution is -2.07. The highest BCUT2D eigenvalue weighted by Crippen LogP contribution is 2.21. The molecule has 2 rings (SSSR count). The maximum absolute atomic E-state index is 12.1. The number of alkyl halides is 2. The van der Waals surface area contributed by atoms with E-state index in [-0.39, 0.29) is 5.75 Å². The number of aryl methyl sites for hydroxylation is 1. The van der Waals surface area contributed by atoms with E-state index >= 15 is 0 Å². The molecule has 1 N–H and O–H groups in total. The minimum atomic E-state index is -2.81. The zero-order valence-corrected chi connectivity index (χ0v) is 12.1. The molecule has 2 aromatic rings. The molecule has 0 radical (unpaired) electrons. The van der Waals surface area contributed by atoms with Crippen LogP contribution < -0.4 is 10.1 Å². The van der Waals surface area contributed by atoms with Gasteiger partial charge in [0.15, 0.2) is 0 Å². The Balaban J connectivity index is 2.16. The quantitative estimate of drug-likeness (QED) is 0.785. The second-order valence-electron chi connectivity index (χ2n) is 4.73. The highest BCUT2D eigenvalue weighted by molar-refractivity contribution is 5.45. The molecule has 1 heterocycles. The number of hydrogen-bond donors (Lipinski definition) is 1. The van der Waals surface area contributed by atoms with E-state index in [1.165, 1.54) is 12.1 Å². The largest absolute Gasteiger partial charge is 0.435 e. The van der Waals surface area contributed by atoms with Gasteiger partial charge in [0.2, 0.25) is 5.95 Å².